The van der Waals surface area contributed by atoms with E-state index in [1.165, 1.54) is 17.3 Å². The van der Waals surface area contributed by atoms with Gasteiger partial charge in [-0.05, 0) is 30.9 Å². The molecule has 0 aliphatic carbocycles. The Morgan fingerprint density at radius 3 is 2.77 bits per heavy atom. The fourth-order valence-electron chi connectivity index (χ4n) is 3.11. The fraction of sp³-hybridized carbons (Fsp3) is 0.389. The first kappa shape index (κ1) is 17.9. The lowest BCUT2D eigenvalue weighted by Gasteiger charge is -2.32. The van der Waals surface area contributed by atoms with Crippen LogP contribution in [0.3, 0.4) is 0 Å². The van der Waals surface area contributed by atoms with Crippen LogP contribution in [0, 0.1) is 11.7 Å². The third-order valence-corrected chi connectivity index (χ3v) is 4.60. The van der Waals surface area contributed by atoms with E-state index < -0.39 is 6.09 Å². The second-order valence-corrected chi connectivity index (χ2v) is 6.46. The van der Waals surface area contributed by atoms with E-state index in [-0.39, 0.29) is 5.82 Å². The molecule has 0 saturated carbocycles. The average Bonchev–Trinajstić information content (AvgIpc) is 2.64. The zero-order chi connectivity index (χ0) is 18.5. The van der Waals surface area contributed by atoms with Crippen molar-refractivity contribution in [3.63, 3.8) is 0 Å². The number of hydrogen-bond donors (Lipinski definition) is 2. The van der Waals surface area contributed by atoms with Gasteiger partial charge in [0.2, 0.25) is 0 Å². The maximum atomic E-state index is 13.8. The molecule has 1 amide bonds. The van der Waals surface area contributed by atoms with Gasteiger partial charge in [-0.25, -0.2) is 19.2 Å². The molecule has 2 heterocycles. The van der Waals surface area contributed by atoms with Crippen LogP contribution in [0.25, 0.3) is 0 Å². The molecule has 1 aromatic heterocycles. The first-order valence-corrected chi connectivity index (χ1v) is 8.55. The maximum absolute atomic E-state index is 13.8. The smallest absolute Gasteiger partial charge is 0.407 e. The van der Waals surface area contributed by atoms with Crippen molar-refractivity contribution in [1.82, 2.24) is 14.9 Å². The summed E-state index contributed by atoms with van der Waals surface area (Å²) in [7, 11) is 1.94. The van der Waals surface area contributed by atoms with E-state index in [2.05, 4.69) is 15.3 Å². The number of halogens is 1. The van der Waals surface area contributed by atoms with Gasteiger partial charge < -0.3 is 20.2 Å². The third kappa shape index (κ3) is 4.38. The number of likely N-dealkylation sites (tertiary alicyclic amines) is 1. The predicted molar refractivity (Wildman–Crippen MR) is 97.3 cm³/mol. The van der Waals surface area contributed by atoms with Gasteiger partial charge >= 0.3 is 6.09 Å². The molecule has 0 radical (unpaired) electrons. The number of aromatic nitrogens is 2. The molecule has 1 fully saturated rings. The molecule has 1 aromatic carbocycles. The van der Waals surface area contributed by atoms with Crippen molar-refractivity contribution in [3.05, 3.63) is 42.5 Å². The van der Waals surface area contributed by atoms with Gasteiger partial charge in [-0.15, -0.1) is 0 Å². The van der Waals surface area contributed by atoms with Crippen molar-refractivity contribution >= 4 is 23.4 Å². The molecule has 2 aromatic rings. The van der Waals surface area contributed by atoms with Gasteiger partial charge in [0.1, 0.15) is 23.8 Å². The Bertz CT molecular complexity index is 765. The van der Waals surface area contributed by atoms with Crippen molar-refractivity contribution in [2.75, 3.05) is 36.9 Å². The van der Waals surface area contributed by atoms with Crippen LogP contribution in [0.15, 0.2) is 36.7 Å². The Morgan fingerprint density at radius 2 is 2.08 bits per heavy atom. The molecule has 3 rings (SSSR count). The number of para-hydroxylation sites is 1. The van der Waals surface area contributed by atoms with Gasteiger partial charge in [-0.1, -0.05) is 12.1 Å². The molecule has 26 heavy (non-hydrogen) atoms. The third-order valence-electron chi connectivity index (χ3n) is 4.60. The lowest BCUT2D eigenvalue weighted by Crippen LogP contribution is -2.40. The van der Waals surface area contributed by atoms with Crippen LogP contribution < -0.4 is 10.2 Å². The molecular weight excluding hydrogens is 337 g/mol. The Hall–Kier alpha value is -2.90. The van der Waals surface area contributed by atoms with Crippen LogP contribution in [-0.4, -0.2) is 52.7 Å². The summed E-state index contributed by atoms with van der Waals surface area (Å²) in [4.78, 5) is 22.9. The molecule has 0 bridgehead atoms. The number of carbonyl (C=O) groups is 1. The summed E-state index contributed by atoms with van der Waals surface area (Å²) >= 11 is 0. The molecule has 0 atom stereocenters. The molecule has 1 saturated heterocycles. The summed E-state index contributed by atoms with van der Waals surface area (Å²) in [5.74, 6) is 1.33. The molecule has 1 aliphatic rings. The van der Waals surface area contributed by atoms with Crippen molar-refractivity contribution in [1.29, 1.82) is 0 Å². The van der Waals surface area contributed by atoms with Gasteiger partial charge in [0, 0.05) is 32.7 Å². The lowest BCUT2D eigenvalue weighted by atomic mass is 9.96. The topological polar surface area (TPSA) is 81.6 Å². The van der Waals surface area contributed by atoms with Gasteiger partial charge in [-0.3, -0.25) is 0 Å². The first-order chi connectivity index (χ1) is 12.5. The summed E-state index contributed by atoms with van der Waals surface area (Å²) in [6, 6.07) is 8.20. The number of amides is 1. The van der Waals surface area contributed by atoms with Crippen LogP contribution in [0.2, 0.25) is 0 Å². The van der Waals surface area contributed by atoms with E-state index in [9.17, 15) is 9.18 Å². The quantitative estimate of drug-likeness (QED) is 0.853. The standard InChI is InChI=1S/C18H22FN5O2/c1-23(11-13-6-8-24(9-7-13)18(25)26)17-10-16(20-12-21-17)22-15-5-3-2-4-14(15)19/h2-5,10,12-13H,6-9,11H2,1H3,(H,25,26)(H,20,21,22). The monoisotopic (exact) mass is 359 g/mol. The number of nitrogens with one attached hydrogen (secondary N) is 1. The Balaban J connectivity index is 1.61. The summed E-state index contributed by atoms with van der Waals surface area (Å²) < 4.78 is 13.8. The van der Waals surface area contributed by atoms with Crippen molar-refractivity contribution < 1.29 is 14.3 Å². The highest BCUT2D eigenvalue weighted by Crippen LogP contribution is 2.23. The highest BCUT2D eigenvalue weighted by atomic mass is 19.1. The van der Waals surface area contributed by atoms with E-state index in [0.29, 0.717) is 30.5 Å². The molecule has 0 spiro atoms. The normalized spacial score (nSPS) is 14.9. The minimum atomic E-state index is -0.850. The molecule has 1 aliphatic heterocycles. The van der Waals surface area contributed by atoms with Crippen molar-refractivity contribution in [2.45, 2.75) is 12.8 Å². The number of piperidine rings is 1. The van der Waals surface area contributed by atoms with E-state index >= 15 is 0 Å². The van der Waals surface area contributed by atoms with Gasteiger partial charge in [-0.2, -0.15) is 0 Å². The Labute approximate surface area is 151 Å². The van der Waals surface area contributed by atoms with Crippen molar-refractivity contribution in [3.8, 4) is 0 Å². The molecular formula is C18H22FN5O2. The van der Waals surface area contributed by atoms with Crippen molar-refractivity contribution in [2.24, 2.45) is 5.92 Å². The molecule has 0 unspecified atom stereocenters. The van der Waals surface area contributed by atoms with Crippen LogP contribution >= 0.6 is 0 Å². The molecule has 8 heteroatoms. The van der Waals surface area contributed by atoms with Gasteiger partial charge in [0.25, 0.3) is 0 Å². The van der Waals surface area contributed by atoms with Crippen LogP contribution in [-0.2, 0) is 0 Å². The maximum Gasteiger partial charge on any atom is 0.407 e. The predicted octanol–water partition coefficient (Wildman–Crippen LogP) is 3.19. The highest BCUT2D eigenvalue weighted by Gasteiger charge is 2.23. The molecule has 138 valence electrons. The minimum Gasteiger partial charge on any atom is -0.465 e. The minimum absolute atomic E-state index is 0.341. The zero-order valence-corrected chi connectivity index (χ0v) is 14.6. The largest absolute Gasteiger partial charge is 0.465 e. The zero-order valence-electron chi connectivity index (χ0n) is 14.6. The molecule has 7 nitrogen and oxygen atoms in total. The van der Waals surface area contributed by atoms with E-state index in [0.717, 1.165) is 25.2 Å². The number of benzene rings is 1. The van der Waals surface area contributed by atoms with Gasteiger partial charge in [0.15, 0.2) is 0 Å². The molecule has 2 N–H and O–H groups in total. The van der Waals surface area contributed by atoms with E-state index in [1.807, 2.05) is 11.9 Å². The van der Waals surface area contributed by atoms with Gasteiger partial charge in [0.05, 0.1) is 5.69 Å². The Kier molecular flexibility index (Phi) is 5.50. The summed E-state index contributed by atoms with van der Waals surface area (Å²) in [5.41, 5.74) is 0.362. The van der Waals surface area contributed by atoms with Crippen LogP contribution in [0.4, 0.5) is 26.5 Å². The summed E-state index contributed by atoms with van der Waals surface area (Å²) in [6.45, 7) is 1.92. The SMILES string of the molecule is CN(CC1CCN(C(=O)O)CC1)c1cc(Nc2ccccc2F)ncn1. The van der Waals surface area contributed by atoms with Crippen LogP contribution in [0.5, 0.6) is 0 Å². The highest BCUT2D eigenvalue weighted by molar-refractivity contribution is 5.65. The average molecular weight is 359 g/mol. The number of carboxylic acid groups (broad SMARTS) is 1. The lowest BCUT2D eigenvalue weighted by molar-refractivity contribution is 0.125. The second-order valence-electron chi connectivity index (χ2n) is 6.46. The summed E-state index contributed by atoms with van der Waals surface area (Å²) in [6.07, 6.45) is 2.27. The Morgan fingerprint density at radius 1 is 1.35 bits per heavy atom. The van der Waals surface area contributed by atoms with Crippen LogP contribution in [0.1, 0.15) is 12.8 Å². The second kappa shape index (κ2) is 7.99. The van der Waals surface area contributed by atoms with E-state index in [4.69, 9.17) is 5.11 Å². The number of nitrogens with zero attached hydrogens (tertiary/aromatic N) is 4. The number of hydrogen-bond acceptors (Lipinski definition) is 5. The first-order valence-electron chi connectivity index (χ1n) is 8.55. The number of rotatable bonds is 5. The fourth-order valence-corrected chi connectivity index (χ4v) is 3.11. The summed E-state index contributed by atoms with van der Waals surface area (Å²) in [5, 5.41) is 12.0. The number of anilines is 3. The van der Waals surface area contributed by atoms with E-state index in [1.54, 1.807) is 24.3 Å².